The Labute approximate surface area is 89.9 Å². The third-order valence-corrected chi connectivity index (χ3v) is 2.66. The average molecular weight is 204 g/mol. The van der Waals surface area contributed by atoms with Crippen molar-refractivity contribution < 1.29 is 5.11 Å². The summed E-state index contributed by atoms with van der Waals surface area (Å²) in [6.45, 7) is 2.22. The van der Waals surface area contributed by atoms with Gasteiger partial charge >= 0.3 is 0 Å². The van der Waals surface area contributed by atoms with Crippen molar-refractivity contribution >= 4 is 5.69 Å². The fourth-order valence-corrected chi connectivity index (χ4v) is 1.87. The zero-order chi connectivity index (χ0) is 10.7. The highest BCUT2D eigenvalue weighted by Gasteiger charge is 2.17. The van der Waals surface area contributed by atoms with E-state index in [0.717, 1.165) is 17.8 Å². The summed E-state index contributed by atoms with van der Waals surface area (Å²) in [6.07, 6.45) is 6.97. The largest absolute Gasteiger partial charge is 0.396 e. The van der Waals surface area contributed by atoms with Gasteiger partial charge in [-0.2, -0.15) is 0 Å². The molecule has 1 aromatic heterocycles. The van der Waals surface area contributed by atoms with Crippen LogP contribution in [0.15, 0.2) is 30.5 Å². The zero-order valence-corrected chi connectivity index (χ0v) is 8.85. The topological polar surface area (TPSA) is 45.1 Å². The quantitative estimate of drug-likeness (QED) is 0.737. The smallest absolute Gasteiger partial charge is 0.0494 e. The normalized spacial score (nSPS) is 24.4. The Morgan fingerprint density at radius 3 is 3.07 bits per heavy atom. The van der Waals surface area contributed by atoms with Gasteiger partial charge in [-0.25, -0.2) is 0 Å². The second-order valence-corrected chi connectivity index (χ2v) is 4.00. The highest BCUT2D eigenvalue weighted by molar-refractivity contribution is 5.45. The fraction of sp³-hybridized carbons (Fsp3) is 0.417. The molecule has 1 aliphatic rings. The molecule has 0 saturated heterocycles. The van der Waals surface area contributed by atoms with Crippen molar-refractivity contribution in [1.29, 1.82) is 0 Å². The molecule has 0 unspecified atom stereocenters. The monoisotopic (exact) mass is 204 g/mol. The average Bonchev–Trinajstić information content (AvgIpc) is 2.65. The van der Waals surface area contributed by atoms with Crippen LogP contribution >= 0.6 is 0 Å². The number of pyridine rings is 1. The van der Waals surface area contributed by atoms with Crippen LogP contribution in [0, 0.1) is 12.8 Å². The standard InChI is InChI=1S/C12H16N2O/c1-9-6-12(4-5-13-9)14-11-3-2-10(7-11)8-15/h2-6,10-11,15H,7-8H2,1H3,(H,13,14)/t10-,11+/m0/s1. The minimum atomic E-state index is 0.240. The first kappa shape index (κ1) is 10.2. The molecule has 0 saturated carbocycles. The predicted octanol–water partition coefficient (Wildman–Crippen LogP) is 1.74. The maximum atomic E-state index is 9.00. The van der Waals surface area contributed by atoms with Crippen LogP contribution in [0.1, 0.15) is 12.1 Å². The summed E-state index contributed by atoms with van der Waals surface area (Å²) in [5.41, 5.74) is 2.11. The Hall–Kier alpha value is -1.35. The predicted molar refractivity (Wildman–Crippen MR) is 60.7 cm³/mol. The van der Waals surface area contributed by atoms with Gasteiger partial charge < -0.3 is 10.4 Å². The number of nitrogens with zero attached hydrogens (tertiary/aromatic N) is 1. The van der Waals surface area contributed by atoms with Gasteiger partial charge in [-0.3, -0.25) is 4.98 Å². The summed E-state index contributed by atoms with van der Waals surface area (Å²) in [4.78, 5) is 4.15. The van der Waals surface area contributed by atoms with E-state index < -0.39 is 0 Å². The van der Waals surface area contributed by atoms with Gasteiger partial charge in [0.05, 0.1) is 0 Å². The van der Waals surface area contributed by atoms with Crippen LogP contribution in [0.5, 0.6) is 0 Å². The van der Waals surface area contributed by atoms with Crippen LogP contribution in [0.4, 0.5) is 5.69 Å². The van der Waals surface area contributed by atoms with E-state index in [9.17, 15) is 0 Å². The second-order valence-electron chi connectivity index (χ2n) is 4.00. The van der Waals surface area contributed by atoms with E-state index in [-0.39, 0.29) is 6.61 Å². The van der Waals surface area contributed by atoms with Crippen molar-refractivity contribution in [2.24, 2.45) is 5.92 Å². The molecule has 1 heterocycles. The van der Waals surface area contributed by atoms with Gasteiger partial charge in [0.1, 0.15) is 0 Å². The Kier molecular flexibility index (Phi) is 3.02. The number of hydrogen-bond acceptors (Lipinski definition) is 3. The minimum absolute atomic E-state index is 0.240. The van der Waals surface area contributed by atoms with Gasteiger partial charge in [0.25, 0.3) is 0 Å². The maximum absolute atomic E-state index is 9.00. The van der Waals surface area contributed by atoms with Crippen molar-refractivity contribution in [2.75, 3.05) is 11.9 Å². The van der Waals surface area contributed by atoms with E-state index in [1.165, 1.54) is 0 Å². The van der Waals surface area contributed by atoms with Gasteiger partial charge in [0.15, 0.2) is 0 Å². The fourth-order valence-electron chi connectivity index (χ4n) is 1.87. The van der Waals surface area contributed by atoms with Crippen LogP contribution in [-0.4, -0.2) is 22.7 Å². The van der Waals surface area contributed by atoms with Gasteiger partial charge in [0, 0.05) is 36.1 Å². The lowest BCUT2D eigenvalue weighted by Gasteiger charge is -2.14. The van der Waals surface area contributed by atoms with E-state index in [1.54, 1.807) is 6.20 Å². The number of nitrogens with one attached hydrogen (secondary N) is 1. The maximum Gasteiger partial charge on any atom is 0.0494 e. The molecule has 1 aliphatic carbocycles. The number of rotatable bonds is 3. The highest BCUT2D eigenvalue weighted by Crippen LogP contribution is 2.21. The molecule has 0 radical (unpaired) electrons. The molecule has 0 aliphatic heterocycles. The Bertz CT molecular complexity index is 362. The summed E-state index contributed by atoms with van der Waals surface area (Å²) < 4.78 is 0. The number of hydrogen-bond donors (Lipinski definition) is 2. The molecular weight excluding hydrogens is 188 g/mol. The molecular formula is C12H16N2O. The number of aryl methyl sites for hydroxylation is 1. The molecule has 15 heavy (non-hydrogen) atoms. The van der Waals surface area contributed by atoms with E-state index in [4.69, 9.17) is 5.11 Å². The third-order valence-electron chi connectivity index (χ3n) is 2.66. The molecule has 80 valence electrons. The summed E-state index contributed by atoms with van der Waals surface area (Å²) in [6, 6.07) is 4.33. The molecule has 0 spiro atoms. The van der Waals surface area contributed by atoms with Crippen molar-refractivity contribution in [1.82, 2.24) is 4.98 Å². The van der Waals surface area contributed by atoms with Crippen molar-refractivity contribution in [3.05, 3.63) is 36.2 Å². The number of aliphatic hydroxyl groups is 1. The molecule has 0 bridgehead atoms. The first-order valence-corrected chi connectivity index (χ1v) is 5.26. The van der Waals surface area contributed by atoms with Crippen molar-refractivity contribution in [3.63, 3.8) is 0 Å². The summed E-state index contributed by atoms with van der Waals surface area (Å²) >= 11 is 0. The summed E-state index contributed by atoms with van der Waals surface area (Å²) in [5, 5.41) is 12.4. The molecule has 2 N–H and O–H groups in total. The molecule has 2 atom stereocenters. The molecule has 1 aromatic rings. The minimum Gasteiger partial charge on any atom is -0.396 e. The van der Waals surface area contributed by atoms with Crippen LogP contribution in [0.2, 0.25) is 0 Å². The lowest BCUT2D eigenvalue weighted by Crippen LogP contribution is -2.16. The first-order valence-electron chi connectivity index (χ1n) is 5.26. The van der Waals surface area contributed by atoms with E-state index in [0.29, 0.717) is 12.0 Å². The lowest BCUT2D eigenvalue weighted by molar-refractivity contribution is 0.250. The molecule has 2 rings (SSSR count). The highest BCUT2D eigenvalue weighted by atomic mass is 16.3. The second kappa shape index (κ2) is 4.45. The Balaban J connectivity index is 1.96. The third kappa shape index (κ3) is 2.57. The SMILES string of the molecule is Cc1cc(N[C@@H]2C=C[C@H](CO)C2)ccn1. The van der Waals surface area contributed by atoms with Crippen molar-refractivity contribution in [2.45, 2.75) is 19.4 Å². The van der Waals surface area contributed by atoms with Gasteiger partial charge in [-0.05, 0) is 25.5 Å². The van der Waals surface area contributed by atoms with Gasteiger partial charge in [-0.1, -0.05) is 12.2 Å². The molecule has 3 nitrogen and oxygen atoms in total. The van der Waals surface area contributed by atoms with E-state index in [2.05, 4.69) is 22.5 Å². The number of anilines is 1. The lowest BCUT2D eigenvalue weighted by atomic mass is 10.1. The van der Waals surface area contributed by atoms with Crippen LogP contribution in [-0.2, 0) is 0 Å². The molecule has 0 aromatic carbocycles. The first-order chi connectivity index (χ1) is 7.28. The van der Waals surface area contributed by atoms with E-state index >= 15 is 0 Å². The summed E-state index contributed by atoms with van der Waals surface area (Å²) in [7, 11) is 0. The Morgan fingerprint density at radius 1 is 1.53 bits per heavy atom. The van der Waals surface area contributed by atoms with Gasteiger partial charge in [0.2, 0.25) is 0 Å². The zero-order valence-electron chi connectivity index (χ0n) is 8.85. The van der Waals surface area contributed by atoms with Crippen LogP contribution in [0.25, 0.3) is 0 Å². The van der Waals surface area contributed by atoms with Gasteiger partial charge in [-0.15, -0.1) is 0 Å². The number of aromatic nitrogens is 1. The molecule has 0 fully saturated rings. The summed E-state index contributed by atoms with van der Waals surface area (Å²) in [5.74, 6) is 0.311. The van der Waals surface area contributed by atoms with Crippen molar-refractivity contribution in [3.8, 4) is 0 Å². The Morgan fingerprint density at radius 2 is 2.40 bits per heavy atom. The number of aliphatic hydroxyl groups excluding tert-OH is 1. The van der Waals surface area contributed by atoms with Crippen LogP contribution < -0.4 is 5.32 Å². The van der Waals surface area contributed by atoms with E-state index in [1.807, 2.05) is 19.1 Å². The molecule has 3 heteroatoms. The van der Waals surface area contributed by atoms with Crippen LogP contribution in [0.3, 0.4) is 0 Å². The molecule has 0 amide bonds.